The van der Waals surface area contributed by atoms with E-state index in [4.69, 9.17) is 11.6 Å². The minimum Gasteiger partial charge on any atom is -0.468 e. The molecular weight excluding hydrogens is 445 g/mol. The largest absolute Gasteiger partial charge is 0.468 e. The molecule has 30 heavy (non-hydrogen) atoms. The molecule has 1 atom stereocenters. The van der Waals surface area contributed by atoms with Crippen LogP contribution < -0.4 is 4.72 Å². The first-order valence-corrected chi connectivity index (χ1v) is 10.4. The summed E-state index contributed by atoms with van der Waals surface area (Å²) in [7, 11) is -3.50. The number of methoxy groups -OCH3 is 1. The zero-order valence-electron chi connectivity index (χ0n) is 15.5. The Labute approximate surface area is 175 Å². The van der Waals surface area contributed by atoms with Crippen molar-refractivity contribution in [3.63, 3.8) is 0 Å². The second-order valence-electron chi connectivity index (χ2n) is 6.40. The van der Waals surface area contributed by atoms with E-state index in [0.29, 0.717) is 17.7 Å². The molecule has 0 spiro atoms. The zero-order chi connectivity index (χ0) is 22.1. The van der Waals surface area contributed by atoms with Crippen molar-refractivity contribution in [1.29, 1.82) is 0 Å². The number of sulfonamides is 1. The highest BCUT2D eigenvalue weighted by Gasteiger charge is 2.34. The maximum atomic E-state index is 13.0. The van der Waals surface area contributed by atoms with Crippen molar-refractivity contribution in [2.24, 2.45) is 0 Å². The molecule has 0 saturated heterocycles. The third-order valence-electron chi connectivity index (χ3n) is 4.43. The molecular formula is C19H16ClF3N2O4S. The van der Waals surface area contributed by atoms with Gasteiger partial charge in [0.05, 0.1) is 17.7 Å². The van der Waals surface area contributed by atoms with E-state index in [1.807, 2.05) is 0 Å². The Morgan fingerprint density at radius 1 is 1.23 bits per heavy atom. The number of benzene rings is 2. The van der Waals surface area contributed by atoms with Gasteiger partial charge in [-0.15, -0.1) is 0 Å². The van der Waals surface area contributed by atoms with Crippen molar-refractivity contribution < 1.29 is 31.1 Å². The monoisotopic (exact) mass is 460 g/mol. The van der Waals surface area contributed by atoms with Crippen LogP contribution >= 0.6 is 11.6 Å². The van der Waals surface area contributed by atoms with E-state index in [-0.39, 0.29) is 6.42 Å². The highest BCUT2D eigenvalue weighted by molar-refractivity contribution is 7.89. The number of carbonyl (C=O) groups excluding carboxylic acids is 1. The lowest BCUT2D eigenvalue weighted by molar-refractivity contribution is -0.142. The fraction of sp³-hybridized carbons (Fsp3) is 0.211. The number of aromatic amines is 1. The van der Waals surface area contributed by atoms with Crippen LogP contribution in [0, 0.1) is 0 Å². The fourth-order valence-corrected chi connectivity index (χ4v) is 4.68. The van der Waals surface area contributed by atoms with Crippen LogP contribution in [-0.4, -0.2) is 32.5 Å². The summed E-state index contributed by atoms with van der Waals surface area (Å²) < 4.78 is 71.3. The smallest absolute Gasteiger partial charge is 0.416 e. The maximum Gasteiger partial charge on any atom is 0.416 e. The van der Waals surface area contributed by atoms with Gasteiger partial charge in [-0.1, -0.05) is 29.8 Å². The molecule has 11 heteroatoms. The number of esters is 1. The van der Waals surface area contributed by atoms with E-state index in [1.165, 1.54) is 0 Å². The van der Waals surface area contributed by atoms with Crippen LogP contribution in [0.1, 0.15) is 11.1 Å². The topological polar surface area (TPSA) is 88.3 Å². The van der Waals surface area contributed by atoms with Crippen LogP contribution in [0.3, 0.4) is 0 Å². The molecule has 0 aliphatic heterocycles. The molecule has 2 aromatic carbocycles. The number of rotatable bonds is 6. The Hall–Kier alpha value is -2.56. The molecule has 3 rings (SSSR count). The number of ether oxygens (including phenoxy) is 1. The lowest BCUT2D eigenvalue weighted by atomic mass is 10.1. The Bertz CT molecular complexity index is 1190. The summed E-state index contributed by atoms with van der Waals surface area (Å²) in [5.74, 6) is -0.896. The quantitative estimate of drug-likeness (QED) is 0.546. The van der Waals surface area contributed by atoms with Gasteiger partial charge in [0.1, 0.15) is 10.9 Å². The summed E-state index contributed by atoms with van der Waals surface area (Å²) in [6.07, 6.45) is -3.24. The average molecular weight is 461 g/mol. The van der Waals surface area contributed by atoms with Gasteiger partial charge >= 0.3 is 12.1 Å². The summed E-state index contributed by atoms with van der Waals surface area (Å²) in [5.41, 5.74) is 0.220. The van der Waals surface area contributed by atoms with Gasteiger partial charge in [-0.25, -0.2) is 8.42 Å². The van der Waals surface area contributed by atoms with E-state index in [2.05, 4.69) is 14.4 Å². The molecule has 0 unspecified atom stereocenters. The van der Waals surface area contributed by atoms with Crippen LogP contribution in [0.4, 0.5) is 13.2 Å². The number of halogens is 4. The molecule has 0 radical (unpaired) electrons. The van der Waals surface area contributed by atoms with Crippen molar-refractivity contribution in [1.82, 2.24) is 9.71 Å². The highest BCUT2D eigenvalue weighted by Crippen LogP contribution is 2.33. The molecule has 1 heterocycles. The third-order valence-corrected chi connectivity index (χ3v) is 6.38. The van der Waals surface area contributed by atoms with Crippen LogP contribution in [0.15, 0.2) is 53.6 Å². The number of carbonyl (C=O) groups is 1. The summed E-state index contributed by atoms with van der Waals surface area (Å²) in [6.45, 7) is 0. The van der Waals surface area contributed by atoms with Crippen molar-refractivity contribution in [3.05, 3.63) is 64.8 Å². The summed E-state index contributed by atoms with van der Waals surface area (Å²) in [5, 5.41) is 0.355. The van der Waals surface area contributed by atoms with Gasteiger partial charge in [-0.05, 0) is 29.8 Å². The Morgan fingerprint density at radius 2 is 1.93 bits per heavy atom. The van der Waals surface area contributed by atoms with E-state index >= 15 is 0 Å². The maximum absolute atomic E-state index is 13.0. The van der Waals surface area contributed by atoms with Gasteiger partial charge in [-0.2, -0.15) is 17.9 Å². The van der Waals surface area contributed by atoms with Gasteiger partial charge in [0.25, 0.3) is 0 Å². The summed E-state index contributed by atoms with van der Waals surface area (Å²) in [6, 6.07) is 7.72. The van der Waals surface area contributed by atoms with Crippen molar-refractivity contribution in [2.45, 2.75) is 23.5 Å². The van der Waals surface area contributed by atoms with Gasteiger partial charge < -0.3 is 9.72 Å². The predicted octanol–water partition coefficient (Wildman–Crippen LogP) is 3.90. The number of fused-ring (bicyclic) bond motifs is 1. The number of hydrogen-bond donors (Lipinski definition) is 2. The van der Waals surface area contributed by atoms with Crippen molar-refractivity contribution in [2.75, 3.05) is 7.11 Å². The second kappa shape index (κ2) is 8.29. The predicted molar refractivity (Wildman–Crippen MR) is 105 cm³/mol. The molecule has 0 fully saturated rings. The SMILES string of the molecule is COC(=O)[C@H](Cc1c[nH]c2ccccc12)NS(=O)(=O)c1cc(C(F)(F)F)ccc1Cl. The fourth-order valence-electron chi connectivity index (χ4n) is 2.97. The number of nitrogens with one attached hydrogen (secondary N) is 2. The number of hydrogen-bond acceptors (Lipinski definition) is 4. The van der Waals surface area contributed by atoms with Crippen LogP contribution in [0.5, 0.6) is 0 Å². The minimum atomic E-state index is -4.76. The van der Waals surface area contributed by atoms with E-state index < -0.39 is 43.7 Å². The van der Waals surface area contributed by atoms with Crippen LogP contribution in [0.25, 0.3) is 10.9 Å². The lowest BCUT2D eigenvalue weighted by Crippen LogP contribution is -2.43. The molecule has 2 N–H and O–H groups in total. The van der Waals surface area contributed by atoms with Crippen LogP contribution in [-0.2, 0) is 32.2 Å². The lowest BCUT2D eigenvalue weighted by Gasteiger charge is -2.18. The normalized spacial score (nSPS) is 13.4. The summed E-state index contributed by atoms with van der Waals surface area (Å²) in [4.78, 5) is 14.4. The standard InChI is InChI=1S/C19H16ClF3N2O4S/c1-29-18(26)16(8-11-10-24-15-5-3-2-4-13(11)15)25-30(27,28)17-9-12(19(21,22)23)6-7-14(17)20/h2-7,9-10,16,24-25H,8H2,1H3/t16-/m0/s1. The third kappa shape index (κ3) is 4.61. The Kier molecular flexibility index (Phi) is 6.11. The Balaban J connectivity index is 1.96. The minimum absolute atomic E-state index is 0.0908. The number of para-hydroxylation sites is 1. The molecule has 0 aliphatic rings. The van der Waals surface area contributed by atoms with Gasteiger partial charge in [0.15, 0.2) is 0 Å². The number of aromatic nitrogens is 1. The first kappa shape index (κ1) is 22.1. The Morgan fingerprint density at radius 3 is 2.60 bits per heavy atom. The van der Waals surface area contributed by atoms with Gasteiger partial charge in [0.2, 0.25) is 10.0 Å². The number of H-pyrrole nitrogens is 1. The first-order chi connectivity index (χ1) is 14.0. The van der Waals surface area contributed by atoms with Gasteiger partial charge in [-0.3, -0.25) is 4.79 Å². The van der Waals surface area contributed by atoms with Crippen LogP contribution in [0.2, 0.25) is 5.02 Å². The average Bonchev–Trinajstić information content (AvgIpc) is 3.09. The molecule has 0 amide bonds. The van der Waals surface area contributed by atoms with E-state index in [1.54, 1.807) is 30.5 Å². The molecule has 160 valence electrons. The highest BCUT2D eigenvalue weighted by atomic mass is 35.5. The second-order valence-corrected chi connectivity index (χ2v) is 8.49. The zero-order valence-corrected chi connectivity index (χ0v) is 17.0. The number of alkyl halides is 3. The molecule has 0 aliphatic carbocycles. The molecule has 0 bridgehead atoms. The summed E-state index contributed by atoms with van der Waals surface area (Å²) >= 11 is 5.84. The van der Waals surface area contributed by atoms with E-state index in [9.17, 15) is 26.4 Å². The van der Waals surface area contributed by atoms with E-state index in [0.717, 1.165) is 24.1 Å². The molecule has 6 nitrogen and oxygen atoms in total. The molecule has 1 aromatic heterocycles. The van der Waals surface area contributed by atoms with Gasteiger partial charge in [0, 0.05) is 23.5 Å². The first-order valence-electron chi connectivity index (χ1n) is 8.55. The molecule has 0 saturated carbocycles. The van der Waals surface area contributed by atoms with Crippen molar-refractivity contribution in [3.8, 4) is 0 Å². The van der Waals surface area contributed by atoms with Crippen molar-refractivity contribution >= 4 is 38.5 Å². The molecule has 3 aromatic rings.